The van der Waals surface area contributed by atoms with Gasteiger partial charge in [0.05, 0.1) is 25.0 Å². The van der Waals surface area contributed by atoms with Gasteiger partial charge in [0.25, 0.3) is 17.7 Å². The quantitative estimate of drug-likeness (QED) is 0.0127. The Morgan fingerprint density at radius 2 is 1.37 bits per heavy atom. The lowest BCUT2D eigenvalue weighted by atomic mass is 10.1. The molecule has 9 amide bonds. The van der Waals surface area contributed by atoms with Gasteiger partial charge in [0.1, 0.15) is 41.6 Å². The molecule has 0 unspecified atom stereocenters. The number of unbranched alkanes of at least 4 members (excludes halogenated alkanes) is 2. The van der Waals surface area contributed by atoms with E-state index in [1.165, 1.54) is 23.5 Å². The topological polar surface area (TPSA) is 575 Å². The van der Waals surface area contributed by atoms with Crippen molar-refractivity contribution < 1.29 is 48.3 Å². The maximum absolute atomic E-state index is 14.2. The van der Waals surface area contributed by atoms with Gasteiger partial charge < -0.3 is 104 Å². The first-order valence-corrected chi connectivity index (χ1v) is 25.7. The lowest BCUT2D eigenvalue weighted by molar-refractivity contribution is -0.136. The van der Waals surface area contributed by atoms with Crippen LogP contribution in [0, 0.1) is 0 Å². The van der Waals surface area contributed by atoms with E-state index in [4.69, 9.17) is 57.3 Å². The standard InChI is InChI=1S/C46H82N22O10/c47-15-3-1-9-27(51)38(72)67-36(34(69)22-50)43(77)65-29(13-7-19-59-46(55)56)39(73)60-24-35(70)62-31(11-5-17-49)44(78)68-20-8-14-33(68)42(76)66-32(21-26-23-57-25-61-26)41(75)64-30(10-2-4-16-48)40(74)63-28(37(52)71)12-6-18-58-45(53)54/h12,23,25,27,29-30,32-34,36,69H,1-11,13-22,24,47-51H2,(H2,52,71)(H,57,61)(H,60,73)(H,63,74)(H,64,75)(H,65,77)(H,66,76)(H,67,72)(H4,53,54,58)(H4,55,56,59)/b28-12-,62-31?/t27-,29-,30-,32-,33-,34-,36-/m0/s1. The third-order valence-electron chi connectivity index (χ3n) is 11.9. The van der Waals surface area contributed by atoms with Gasteiger partial charge in [-0.3, -0.25) is 53.1 Å². The largest absolute Gasteiger partial charge is 0.389 e. The van der Waals surface area contributed by atoms with Crippen LogP contribution in [0.5, 0.6) is 0 Å². The number of aromatic amines is 1. The molecule has 78 heavy (non-hydrogen) atoms. The summed E-state index contributed by atoms with van der Waals surface area (Å²) >= 11 is 0. The summed E-state index contributed by atoms with van der Waals surface area (Å²) in [6.07, 6.45) is 5.38. The number of carbonyl (C=O) groups excluding carboxylic acids is 9. The fourth-order valence-electron chi connectivity index (χ4n) is 7.77. The second-order valence-corrected chi connectivity index (χ2v) is 18.2. The molecule has 1 saturated heterocycles. The molecule has 1 aliphatic rings. The minimum atomic E-state index is -1.64. The van der Waals surface area contributed by atoms with Crippen molar-refractivity contribution in [2.45, 2.75) is 132 Å². The van der Waals surface area contributed by atoms with Gasteiger partial charge in [0, 0.05) is 44.5 Å². The zero-order valence-corrected chi connectivity index (χ0v) is 44.0. The number of aliphatic hydroxyl groups excluding tert-OH is 1. The molecule has 32 nitrogen and oxygen atoms in total. The first-order valence-electron chi connectivity index (χ1n) is 25.7. The number of amides is 9. The molecule has 1 fully saturated rings. The first-order chi connectivity index (χ1) is 37.2. The molecule has 436 valence electrons. The Bertz CT molecular complexity index is 2250. The zero-order chi connectivity index (χ0) is 58.2. The second kappa shape index (κ2) is 36.4. The minimum Gasteiger partial charge on any atom is -0.389 e. The average molecular weight is 1100 g/mol. The Kier molecular flexibility index (Phi) is 31.0. The Labute approximate surface area is 451 Å². The minimum absolute atomic E-state index is 0.0347. The van der Waals surface area contributed by atoms with Crippen molar-refractivity contribution in [3.63, 3.8) is 0 Å². The molecule has 7 atom stereocenters. The smallest absolute Gasteiger partial charge is 0.269 e. The molecule has 0 radical (unpaired) electrons. The SMILES string of the molecule is NCCCC[C@H](NC(=O)[C@H](Cc1cnc[nH]1)NC(=O)[C@@H]1CCCN1C(=O)C(CCCN)=NC(=O)CNC(=O)[C@H](CCCN=C(N)N)NC(=O)[C@@H](NC(=O)[C@@H](N)CCCCN)[C@@H](O)CN)C(=O)N/C(=C\CCN=C(N)N)C(N)=O. The van der Waals surface area contributed by atoms with Gasteiger partial charge in [-0.25, -0.2) is 9.98 Å². The summed E-state index contributed by atoms with van der Waals surface area (Å²) in [6.45, 7) is -0.325. The highest BCUT2D eigenvalue weighted by Gasteiger charge is 2.39. The summed E-state index contributed by atoms with van der Waals surface area (Å²) in [5, 5.41) is 25.7. The van der Waals surface area contributed by atoms with Gasteiger partial charge in [-0.1, -0.05) is 12.5 Å². The van der Waals surface area contributed by atoms with Gasteiger partial charge in [0.15, 0.2) is 11.9 Å². The monoisotopic (exact) mass is 1100 g/mol. The number of H-pyrrole nitrogens is 1. The molecule has 32 heteroatoms. The van der Waals surface area contributed by atoms with E-state index in [0.717, 1.165) is 0 Å². The number of aliphatic imine (C=N–C) groups is 3. The molecule has 0 aliphatic carbocycles. The predicted octanol–water partition coefficient (Wildman–Crippen LogP) is -8.19. The molecule has 1 aromatic rings. The maximum atomic E-state index is 14.2. The number of primary amides is 1. The normalized spacial score (nSPS) is 15.8. The van der Waals surface area contributed by atoms with E-state index in [1.807, 2.05) is 0 Å². The van der Waals surface area contributed by atoms with Gasteiger partial charge >= 0.3 is 0 Å². The third kappa shape index (κ3) is 24.6. The van der Waals surface area contributed by atoms with Crippen molar-refractivity contribution in [2.75, 3.05) is 52.4 Å². The molecular weight excluding hydrogens is 1020 g/mol. The summed E-state index contributed by atoms with van der Waals surface area (Å²) in [4.78, 5) is 142. The number of nitrogens with one attached hydrogen (secondary N) is 7. The van der Waals surface area contributed by atoms with E-state index in [9.17, 15) is 48.3 Å². The number of rotatable bonds is 37. The molecule has 0 aromatic carbocycles. The van der Waals surface area contributed by atoms with Gasteiger partial charge in [-0.15, -0.1) is 0 Å². The van der Waals surface area contributed by atoms with E-state index >= 15 is 0 Å². The Balaban J connectivity index is 2.35. The summed E-state index contributed by atoms with van der Waals surface area (Å²) < 4.78 is 0. The van der Waals surface area contributed by atoms with Crippen molar-refractivity contribution in [1.29, 1.82) is 0 Å². The molecule has 0 bridgehead atoms. The highest BCUT2D eigenvalue weighted by atomic mass is 16.3. The lowest BCUT2D eigenvalue weighted by Crippen LogP contribution is -2.60. The number of carbonyl (C=O) groups is 9. The fourth-order valence-corrected chi connectivity index (χ4v) is 7.77. The van der Waals surface area contributed by atoms with Gasteiger partial charge in [-0.2, -0.15) is 0 Å². The molecule has 0 spiro atoms. The van der Waals surface area contributed by atoms with Crippen molar-refractivity contribution >= 4 is 70.8 Å². The lowest BCUT2D eigenvalue weighted by Gasteiger charge is -2.27. The van der Waals surface area contributed by atoms with Crippen molar-refractivity contribution in [1.82, 2.24) is 46.8 Å². The average Bonchev–Trinajstić information content (AvgIpc) is 4.12. The van der Waals surface area contributed by atoms with E-state index in [0.29, 0.717) is 44.3 Å². The molecular formula is C46H82N22O10. The molecule has 1 aliphatic heterocycles. The maximum Gasteiger partial charge on any atom is 0.269 e. The highest BCUT2D eigenvalue weighted by Crippen LogP contribution is 2.20. The molecule has 2 rings (SSSR count). The van der Waals surface area contributed by atoms with Crippen LogP contribution < -0.4 is 89.2 Å². The van der Waals surface area contributed by atoms with E-state index in [-0.39, 0.29) is 114 Å². The summed E-state index contributed by atoms with van der Waals surface area (Å²) in [5.74, 6) is -8.16. The van der Waals surface area contributed by atoms with E-state index in [2.05, 4.69) is 56.8 Å². The molecule has 1 aromatic heterocycles. The van der Waals surface area contributed by atoms with Crippen LogP contribution >= 0.6 is 0 Å². The molecule has 0 saturated carbocycles. The number of nitrogens with zero attached hydrogens (tertiary/aromatic N) is 5. The van der Waals surface area contributed by atoms with E-state index < -0.39 is 109 Å². The summed E-state index contributed by atoms with van der Waals surface area (Å²) in [7, 11) is 0. The third-order valence-corrected chi connectivity index (χ3v) is 11.9. The molecule has 28 N–H and O–H groups in total. The van der Waals surface area contributed by atoms with Gasteiger partial charge in [0.2, 0.25) is 35.4 Å². The van der Waals surface area contributed by atoms with Crippen LogP contribution in [0.2, 0.25) is 0 Å². The van der Waals surface area contributed by atoms with Crippen LogP contribution in [0.25, 0.3) is 0 Å². The van der Waals surface area contributed by atoms with Crippen LogP contribution in [0.4, 0.5) is 0 Å². The Hall–Kier alpha value is -7.65. The zero-order valence-electron chi connectivity index (χ0n) is 44.0. The van der Waals surface area contributed by atoms with Crippen LogP contribution in [-0.2, 0) is 49.6 Å². The Morgan fingerprint density at radius 1 is 0.744 bits per heavy atom. The number of aromatic nitrogens is 2. The fraction of sp³-hybridized carbons (Fsp3) is 0.630. The van der Waals surface area contributed by atoms with Crippen LogP contribution in [0.15, 0.2) is 39.3 Å². The first kappa shape index (κ1) is 66.5. The molecule has 2 heterocycles. The number of aliphatic hydroxyl groups is 1. The number of likely N-dealkylation sites (tertiary alicyclic amines) is 1. The summed E-state index contributed by atoms with van der Waals surface area (Å²) in [5.41, 5.74) is 55.6. The summed E-state index contributed by atoms with van der Waals surface area (Å²) in [6, 6.07) is -7.85. The van der Waals surface area contributed by atoms with Crippen LogP contribution in [-0.4, -0.2) is 185 Å². The number of hydrogen-bond donors (Lipinski definition) is 18. The Morgan fingerprint density at radius 3 is 1.99 bits per heavy atom. The van der Waals surface area contributed by atoms with E-state index in [1.54, 1.807) is 0 Å². The number of guanidine groups is 2. The number of imidazole rings is 1. The van der Waals surface area contributed by atoms with Crippen molar-refractivity contribution in [2.24, 2.45) is 72.3 Å². The van der Waals surface area contributed by atoms with Crippen LogP contribution in [0.3, 0.4) is 0 Å². The predicted molar refractivity (Wildman–Crippen MR) is 288 cm³/mol. The van der Waals surface area contributed by atoms with Crippen molar-refractivity contribution in [3.8, 4) is 0 Å². The second-order valence-electron chi connectivity index (χ2n) is 18.2. The number of nitrogens with two attached hydrogens (primary N) is 10. The number of hydrogen-bond acceptors (Lipinski definition) is 18. The van der Waals surface area contributed by atoms with Gasteiger partial charge in [-0.05, 0) is 96.7 Å². The highest BCUT2D eigenvalue weighted by molar-refractivity contribution is 6.40. The van der Waals surface area contributed by atoms with Crippen LogP contribution in [0.1, 0.15) is 89.2 Å². The van der Waals surface area contributed by atoms with Crippen molar-refractivity contribution in [3.05, 3.63) is 30.0 Å².